The fourth-order valence-electron chi connectivity index (χ4n) is 6.78. The molecule has 1 fully saturated rings. The van der Waals surface area contributed by atoms with E-state index < -0.39 is 24.4 Å². The lowest BCUT2D eigenvalue weighted by atomic mass is 9.85. The van der Waals surface area contributed by atoms with Crippen LogP contribution < -0.4 is 37.9 Å². The summed E-state index contributed by atoms with van der Waals surface area (Å²) in [6, 6.07) is 22.1. The van der Waals surface area contributed by atoms with Crippen LogP contribution in [0.2, 0.25) is 0 Å². The predicted octanol–water partition coefficient (Wildman–Crippen LogP) is 7.82. The molecule has 2 N–H and O–H groups in total. The number of ether oxygens (including phenoxy) is 9. The summed E-state index contributed by atoms with van der Waals surface area (Å²) in [7, 11) is 9.43. The number of aliphatic hydroxyl groups excluding tert-OH is 2. The second-order valence-electron chi connectivity index (χ2n) is 13.3. The highest BCUT2D eigenvalue weighted by atomic mass is 16.5. The van der Waals surface area contributed by atoms with E-state index in [4.69, 9.17) is 42.6 Å². The Morgan fingerprint density at radius 1 is 0.453 bits per heavy atom. The average Bonchev–Trinajstić information content (AvgIpc) is 3.49. The largest absolute Gasteiger partial charge is 0.493 e. The highest BCUT2D eigenvalue weighted by Crippen LogP contribution is 2.51. The number of benzene rings is 4. The van der Waals surface area contributed by atoms with Gasteiger partial charge in [-0.25, -0.2) is 0 Å². The van der Waals surface area contributed by atoms with Crippen molar-refractivity contribution in [2.75, 3.05) is 42.7 Å². The van der Waals surface area contributed by atoms with E-state index in [1.807, 2.05) is 36.4 Å². The molecule has 1 saturated heterocycles. The lowest BCUT2D eigenvalue weighted by Gasteiger charge is -2.24. The van der Waals surface area contributed by atoms with Crippen LogP contribution in [0.4, 0.5) is 0 Å². The number of aliphatic hydroxyl groups is 2. The molecule has 286 valence electrons. The highest BCUT2D eigenvalue weighted by Gasteiger charge is 2.41. The van der Waals surface area contributed by atoms with Crippen LogP contribution in [0.15, 0.2) is 72.8 Å². The van der Waals surface area contributed by atoms with Crippen molar-refractivity contribution in [3.8, 4) is 46.0 Å². The molecule has 0 amide bonds. The maximum atomic E-state index is 11.1. The lowest BCUT2D eigenvalue weighted by molar-refractivity contribution is 0.0281. The van der Waals surface area contributed by atoms with Gasteiger partial charge in [-0.05, 0) is 96.5 Å². The van der Waals surface area contributed by atoms with Gasteiger partial charge in [-0.15, -0.1) is 0 Å². The van der Waals surface area contributed by atoms with Crippen molar-refractivity contribution in [1.82, 2.24) is 0 Å². The summed E-state index contributed by atoms with van der Waals surface area (Å²) in [5.74, 6) is 4.62. The molecule has 1 aliphatic heterocycles. The Kier molecular flexibility index (Phi) is 12.9. The molecule has 0 aromatic heterocycles. The van der Waals surface area contributed by atoms with Gasteiger partial charge in [0.1, 0.15) is 24.4 Å². The van der Waals surface area contributed by atoms with E-state index in [-0.39, 0.29) is 24.0 Å². The van der Waals surface area contributed by atoms with E-state index in [1.54, 1.807) is 92.9 Å². The van der Waals surface area contributed by atoms with E-state index in [2.05, 4.69) is 13.8 Å². The Hall–Kier alpha value is -4.84. The minimum atomic E-state index is -0.932. The van der Waals surface area contributed by atoms with Crippen molar-refractivity contribution in [2.24, 2.45) is 11.8 Å². The summed E-state index contributed by atoms with van der Waals surface area (Å²) in [4.78, 5) is 0. The van der Waals surface area contributed by atoms with Crippen LogP contribution in [-0.2, 0) is 4.74 Å². The van der Waals surface area contributed by atoms with Crippen LogP contribution in [0, 0.1) is 11.8 Å². The summed E-state index contributed by atoms with van der Waals surface area (Å²) in [6.07, 6.45) is -3.49. The fraction of sp³-hybridized carbons (Fsp3) is 0.429. The second kappa shape index (κ2) is 17.3. The summed E-state index contributed by atoms with van der Waals surface area (Å²) < 4.78 is 52.2. The molecular weight excluding hydrogens is 680 g/mol. The SMILES string of the molecule is COc1ccc([C@@H](O)[C@@H](C)Oc2ccc(C3O[C@@H](c4ccc(O[C@H](C)[C@H](O)c5ccc(OC)c(OC)c5)c(OC)c4)[C@H](C)[C@H]3C)cc2OC)cc1OC. The zero-order valence-electron chi connectivity index (χ0n) is 32.1. The standard InChI is InChI=1S/C42H52O11/c1-23-24(2)42(30-14-18-34(38(22-30)50-10)52-26(4)40(44)28-12-16-32(46-6)36(20-28)48-8)53-41(23)29-13-17-33(37(21-29)49-9)51-25(3)39(43)27-11-15-31(45-5)35(19-27)47-7/h11-26,39-44H,1-10H3/t23-,24-,25-,26-,39+,40+,41-,42?/m1/s1. The zero-order chi connectivity index (χ0) is 38.4. The molecule has 0 saturated carbocycles. The quantitative estimate of drug-likeness (QED) is 0.117. The van der Waals surface area contributed by atoms with Crippen molar-refractivity contribution < 1.29 is 52.8 Å². The summed E-state index contributed by atoms with van der Waals surface area (Å²) >= 11 is 0. The van der Waals surface area contributed by atoms with Crippen LogP contribution in [0.5, 0.6) is 46.0 Å². The third kappa shape index (κ3) is 8.38. The Morgan fingerprint density at radius 3 is 1.11 bits per heavy atom. The van der Waals surface area contributed by atoms with E-state index in [0.29, 0.717) is 57.1 Å². The molecule has 5 rings (SSSR count). The number of hydrogen-bond donors (Lipinski definition) is 2. The molecule has 11 heteroatoms. The van der Waals surface area contributed by atoms with Crippen LogP contribution in [0.25, 0.3) is 0 Å². The Morgan fingerprint density at radius 2 is 0.774 bits per heavy atom. The van der Waals surface area contributed by atoms with Crippen LogP contribution >= 0.6 is 0 Å². The average molecular weight is 733 g/mol. The molecule has 4 aromatic carbocycles. The van der Waals surface area contributed by atoms with E-state index in [1.165, 1.54) is 0 Å². The van der Waals surface area contributed by atoms with Gasteiger partial charge in [0.15, 0.2) is 46.0 Å². The van der Waals surface area contributed by atoms with E-state index >= 15 is 0 Å². The topological polar surface area (TPSA) is 124 Å². The molecule has 8 atom stereocenters. The molecule has 1 aliphatic rings. The molecule has 1 heterocycles. The van der Waals surface area contributed by atoms with Crippen molar-refractivity contribution in [2.45, 2.75) is 64.3 Å². The Labute approximate surface area is 312 Å². The number of rotatable bonds is 16. The molecule has 53 heavy (non-hydrogen) atoms. The van der Waals surface area contributed by atoms with Crippen molar-refractivity contribution in [1.29, 1.82) is 0 Å². The third-order valence-electron chi connectivity index (χ3n) is 10.1. The third-order valence-corrected chi connectivity index (χ3v) is 10.1. The van der Waals surface area contributed by atoms with Crippen molar-refractivity contribution in [3.63, 3.8) is 0 Å². The zero-order valence-corrected chi connectivity index (χ0v) is 32.1. The first-order valence-corrected chi connectivity index (χ1v) is 17.6. The monoisotopic (exact) mass is 732 g/mol. The summed E-state index contributed by atoms with van der Waals surface area (Å²) in [5.41, 5.74) is 3.18. The summed E-state index contributed by atoms with van der Waals surface area (Å²) in [5, 5.41) is 22.2. The van der Waals surface area contributed by atoms with E-state index in [9.17, 15) is 10.2 Å². The molecule has 0 radical (unpaired) electrons. The first-order chi connectivity index (χ1) is 25.5. The molecule has 0 spiro atoms. The van der Waals surface area contributed by atoms with Crippen molar-refractivity contribution >= 4 is 0 Å². The smallest absolute Gasteiger partial charge is 0.161 e. The first-order valence-electron chi connectivity index (χ1n) is 17.6. The maximum Gasteiger partial charge on any atom is 0.161 e. The van der Waals surface area contributed by atoms with Gasteiger partial charge in [0.2, 0.25) is 0 Å². The molecule has 1 unspecified atom stereocenters. The van der Waals surface area contributed by atoms with Gasteiger partial charge in [0.05, 0.1) is 54.9 Å². The minimum absolute atomic E-state index is 0.167. The van der Waals surface area contributed by atoms with Gasteiger partial charge >= 0.3 is 0 Å². The predicted molar refractivity (Wildman–Crippen MR) is 200 cm³/mol. The normalized spacial score (nSPS) is 20.5. The highest BCUT2D eigenvalue weighted by molar-refractivity contribution is 5.48. The molecule has 11 nitrogen and oxygen atoms in total. The number of hydrogen-bond acceptors (Lipinski definition) is 11. The van der Waals surface area contributed by atoms with Crippen LogP contribution in [0.3, 0.4) is 0 Å². The summed E-state index contributed by atoms with van der Waals surface area (Å²) in [6.45, 7) is 7.96. The Bertz CT molecular complexity index is 1700. The van der Waals surface area contributed by atoms with Gasteiger partial charge in [0, 0.05) is 0 Å². The molecule has 0 bridgehead atoms. The molecule has 4 aromatic rings. The lowest BCUT2D eigenvalue weighted by Crippen LogP contribution is -2.22. The van der Waals surface area contributed by atoms with Gasteiger partial charge in [-0.1, -0.05) is 38.1 Å². The van der Waals surface area contributed by atoms with Gasteiger partial charge < -0.3 is 52.8 Å². The maximum absolute atomic E-state index is 11.1. The molecular formula is C42H52O11. The van der Waals surface area contributed by atoms with Crippen molar-refractivity contribution in [3.05, 3.63) is 95.1 Å². The van der Waals surface area contributed by atoms with Gasteiger partial charge in [-0.3, -0.25) is 0 Å². The van der Waals surface area contributed by atoms with Gasteiger partial charge in [-0.2, -0.15) is 0 Å². The Balaban J connectivity index is 1.29. The number of methoxy groups -OCH3 is 6. The van der Waals surface area contributed by atoms with Crippen LogP contribution in [-0.4, -0.2) is 65.1 Å². The van der Waals surface area contributed by atoms with Crippen LogP contribution in [0.1, 0.15) is 74.4 Å². The molecule has 0 aliphatic carbocycles. The van der Waals surface area contributed by atoms with E-state index in [0.717, 1.165) is 11.1 Å². The first kappa shape index (κ1) is 39.4. The van der Waals surface area contributed by atoms with Gasteiger partial charge in [0.25, 0.3) is 0 Å². The minimum Gasteiger partial charge on any atom is -0.493 e. The fourth-order valence-corrected chi connectivity index (χ4v) is 6.78. The second-order valence-corrected chi connectivity index (χ2v) is 13.3.